The number of methoxy groups -OCH3 is 1. The van der Waals surface area contributed by atoms with Gasteiger partial charge in [-0.2, -0.15) is 0 Å². The minimum absolute atomic E-state index is 0.00867. The predicted octanol–water partition coefficient (Wildman–Crippen LogP) is 3.29. The Kier molecular flexibility index (Phi) is 4.88. The van der Waals surface area contributed by atoms with E-state index in [9.17, 15) is 4.79 Å². The summed E-state index contributed by atoms with van der Waals surface area (Å²) in [5, 5.41) is 2.95. The van der Waals surface area contributed by atoms with Crippen molar-refractivity contribution in [1.82, 2.24) is 0 Å². The van der Waals surface area contributed by atoms with Crippen LogP contribution in [0.2, 0.25) is 0 Å². The molecule has 0 radical (unpaired) electrons. The molecule has 21 heavy (non-hydrogen) atoms. The Morgan fingerprint density at radius 1 is 1.33 bits per heavy atom. The van der Waals surface area contributed by atoms with Crippen LogP contribution in [0.1, 0.15) is 33.6 Å². The normalized spacial score (nSPS) is 18.9. The van der Waals surface area contributed by atoms with E-state index in [2.05, 4.69) is 43.1 Å². The molecule has 1 fully saturated rings. The number of nitrogens with zero attached hydrogens (tertiary/aromatic N) is 1. The third kappa shape index (κ3) is 4.74. The number of amides is 1. The molecular weight excluding hydrogens is 264 g/mol. The maximum Gasteiger partial charge on any atom is 0.224 e. The number of hydrogen-bond acceptors (Lipinski definition) is 3. The van der Waals surface area contributed by atoms with Gasteiger partial charge in [-0.3, -0.25) is 4.79 Å². The predicted molar refractivity (Wildman–Crippen MR) is 86.8 cm³/mol. The van der Waals surface area contributed by atoms with Gasteiger partial charge in [0.1, 0.15) is 0 Å². The summed E-state index contributed by atoms with van der Waals surface area (Å²) in [5.74, 6) is 0.0656. The Morgan fingerprint density at radius 2 is 2.00 bits per heavy atom. The Bertz CT molecular complexity index is 477. The van der Waals surface area contributed by atoms with Gasteiger partial charge in [-0.1, -0.05) is 20.8 Å². The lowest BCUT2D eigenvalue weighted by atomic mass is 9.92. The lowest BCUT2D eigenvalue weighted by Gasteiger charge is -2.19. The Labute approximate surface area is 127 Å². The first-order valence-electron chi connectivity index (χ1n) is 7.55. The SMILES string of the molecule is CO[C@@H]1CCN(c2ccc(NC(=O)CC(C)(C)C)cc2)C1. The first-order valence-corrected chi connectivity index (χ1v) is 7.55. The highest BCUT2D eigenvalue weighted by atomic mass is 16.5. The van der Waals surface area contributed by atoms with Crippen LogP contribution in [0.25, 0.3) is 0 Å². The van der Waals surface area contributed by atoms with E-state index in [-0.39, 0.29) is 11.3 Å². The van der Waals surface area contributed by atoms with E-state index in [1.165, 1.54) is 5.69 Å². The second-order valence-electron chi connectivity index (χ2n) is 6.92. The van der Waals surface area contributed by atoms with E-state index in [0.717, 1.165) is 25.2 Å². The lowest BCUT2D eigenvalue weighted by Crippen LogP contribution is -2.22. The summed E-state index contributed by atoms with van der Waals surface area (Å²) in [4.78, 5) is 14.2. The smallest absolute Gasteiger partial charge is 0.224 e. The number of nitrogens with one attached hydrogen (secondary N) is 1. The molecule has 1 aromatic rings. The molecule has 0 spiro atoms. The van der Waals surface area contributed by atoms with E-state index in [4.69, 9.17) is 4.74 Å². The molecule has 0 aromatic heterocycles. The van der Waals surface area contributed by atoms with Crippen molar-refractivity contribution < 1.29 is 9.53 Å². The van der Waals surface area contributed by atoms with E-state index in [1.54, 1.807) is 7.11 Å². The van der Waals surface area contributed by atoms with Crippen LogP contribution < -0.4 is 10.2 Å². The summed E-state index contributed by atoms with van der Waals surface area (Å²) < 4.78 is 5.39. The Hall–Kier alpha value is -1.55. The molecular formula is C17H26N2O2. The maximum atomic E-state index is 11.9. The number of anilines is 2. The lowest BCUT2D eigenvalue weighted by molar-refractivity contribution is -0.117. The molecule has 1 N–H and O–H groups in total. The minimum Gasteiger partial charge on any atom is -0.380 e. The molecule has 1 saturated heterocycles. The number of carbonyl (C=O) groups is 1. The summed E-state index contributed by atoms with van der Waals surface area (Å²) >= 11 is 0. The van der Waals surface area contributed by atoms with Crippen LogP contribution in [0.15, 0.2) is 24.3 Å². The van der Waals surface area contributed by atoms with Crippen molar-refractivity contribution in [3.8, 4) is 0 Å². The van der Waals surface area contributed by atoms with E-state index in [1.807, 2.05) is 12.1 Å². The third-order valence-electron chi connectivity index (χ3n) is 3.69. The van der Waals surface area contributed by atoms with E-state index < -0.39 is 0 Å². The molecule has 0 bridgehead atoms. The van der Waals surface area contributed by atoms with Crippen molar-refractivity contribution in [1.29, 1.82) is 0 Å². The topological polar surface area (TPSA) is 41.6 Å². The average Bonchev–Trinajstić information content (AvgIpc) is 2.86. The van der Waals surface area contributed by atoms with Crippen LogP contribution in [0.4, 0.5) is 11.4 Å². The number of benzene rings is 1. The van der Waals surface area contributed by atoms with Crippen LogP contribution in [0, 0.1) is 5.41 Å². The fourth-order valence-electron chi connectivity index (χ4n) is 2.60. The van der Waals surface area contributed by atoms with Crippen molar-refractivity contribution >= 4 is 17.3 Å². The monoisotopic (exact) mass is 290 g/mol. The van der Waals surface area contributed by atoms with Gasteiger partial charge in [-0.05, 0) is 36.1 Å². The quantitative estimate of drug-likeness (QED) is 0.925. The highest BCUT2D eigenvalue weighted by Gasteiger charge is 2.22. The fraction of sp³-hybridized carbons (Fsp3) is 0.588. The summed E-state index contributed by atoms with van der Waals surface area (Å²) in [7, 11) is 1.77. The van der Waals surface area contributed by atoms with Gasteiger partial charge in [0, 0.05) is 38.0 Å². The van der Waals surface area contributed by atoms with Crippen molar-refractivity contribution in [3.05, 3.63) is 24.3 Å². The molecule has 0 aliphatic carbocycles. The van der Waals surface area contributed by atoms with Gasteiger partial charge in [0.2, 0.25) is 5.91 Å². The maximum absolute atomic E-state index is 11.9. The minimum atomic E-state index is 0.00867. The third-order valence-corrected chi connectivity index (χ3v) is 3.69. The molecule has 2 rings (SSSR count). The number of rotatable bonds is 4. The van der Waals surface area contributed by atoms with Crippen LogP contribution in [-0.4, -0.2) is 32.2 Å². The van der Waals surface area contributed by atoms with Crippen LogP contribution in [0.3, 0.4) is 0 Å². The standard InChI is InChI=1S/C17H26N2O2/c1-17(2,3)11-16(20)18-13-5-7-14(8-6-13)19-10-9-15(12-19)21-4/h5-8,15H,9-12H2,1-4H3,(H,18,20)/t15-/m1/s1. The van der Waals surface area contributed by atoms with Gasteiger partial charge in [0.05, 0.1) is 6.10 Å². The van der Waals surface area contributed by atoms with Crippen LogP contribution >= 0.6 is 0 Å². The van der Waals surface area contributed by atoms with Crippen molar-refractivity contribution in [2.24, 2.45) is 5.41 Å². The Balaban J connectivity index is 1.92. The van der Waals surface area contributed by atoms with Gasteiger partial charge in [-0.25, -0.2) is 0 Å². The van der Waals surface area contributed by atoms with Gasteiger partial charge in [-0.15, -0.1) is 0 Å². The largest absolute Gasteiger partial charge is 0.380 e. The highest BCUT2D eigenvalue weighted by Crippen LogP contribution is 2.24. The second-order valence-corrected chi connectivity index (χ2v) is 6.92. The van der Waals surface area contributed by atoms with Gasteiger partial charge < -0.3 is 15.0 Å². The molecule has 1 heterocycles. The number of ether oxygens (including phenoxy) is 1. The zero-order valence-electron chi connectivity index (χ0n) is 13.5. The summed E-state index contributed by atoms with van der Waals surface area (Å²) in [6.07, 6.45) is 1.92. The second kappa shape index (κ2) is 6.48. The Morgan fingerprint density at radius 3 is 2.52 bits per heavy atom. The first-order chi connectivity index (χ1) is 9.87. The van der Waals surface area contributed by atoms with E-state index in [0.29, 0.717) is 12.5 Å². The number of carbonyl (C=O) groups excluding carboxylic acids is 1. The molecule has 1 amide bonds. The molecule has 0 saturated carbocycles. The van der Waals surface area contributed by atoms with Crippen LogP contribution in [-0.2, 0) is 9.53 Å². The molecule has 1 aliphatic heterocycles. The van der Waals surface area contributed by atoms with Gasteiger partial charge in [0.25, 0.3) is 0 Å². The summed E-state index contributed by atoms with van der Waals surface area (Å²) in [6.45, 7) is 8.15. The zero-order chi connectivity index (χ0) is 15.5. The zero-order valence-corrected chi connectivity index (χ0v) is 13.5. The average molecular weight is 290 g/mol. The molecule has 4 nitrogen and oxygen atoms in total. The molecule has 1 atom stereocenters. The van der Waals surface area contributed by atoms with E-state index >= 15 is 0 Å². The molecule has 116 valence electrons. The highest BCUT2D eigenvalue weighted by molar-refractivity contribution is 5.91. The number of hydrogen-bond donors (Lipinski definition) is 1. The van der Waals surface area contributed by atoms with Crippen molar-refractivity contribution in [2.45, 2.75) is 39.7 Å². The molecule has 1 aliphatic rings. The van der Waals surface area contributed by atoms with Gasteiger partial charge >= 0.3 is 0 Å². The van der Waals surface area contributed by atoms with Gasteiger partial charge in [0.15, 0.2) is 0 Å². The first kappa shape index (κ1) is 15.8. The van der Waals surface area contributed by atoms with Crippen molar-refractivity contribution in [2.75, 3.05) is 30.4 Å². The summed E-state index contributed by atoms with van der Waals surface area (Å²) in [5.41, 5.74) is 2.05. The molecule has 1 aromatic carbocycles. The summed E-state index contributed by atoms with van der Waals surface area (Å²) in [6, 6.07) is 8.06. The molecule has 0 unspecified atom stereocenters. The van der Waals surface area contributed by atoms with Crippen molar-refractivity contribution in [3.63, 3.8) is 0 Å². The fourth-order valence-corrected chi connectivity index (χ4v) is 2.60. The molecule has 4 heteroatoms. The van der Waals surface area contributed by atoms with Crippen LogP contribution in [0.5, 0.6) is 0 Å².